The van der Waals surface area contributed by atoms with Crippen molar-refractivity contribution < 1.29 is 24.7 Å². The fraction of sp³-hybridized carbons (Fsp3) is 0.303. The molecule has 0 radical (unpaired) electrons. The SMILES string of the molecule is O=C(NC[C@@H](O)C(=O)O)c1ccc(CN(/C(=C\[N+](=O)[O-])NC(C=S)c2ccc(Cl)cc2)c2ccc(C3CCCCC3)cc2)cc1. The number of benzene rings is 3. The number of halogens is 1. The molecule has 0 aromatic heterocycles. The van der Waals surface area contributed by atoms with Gasteiger partial charge in [-0.25, -0.2) is 4.79 Å². The summed E-state index contributed by atoms with van der Waals surface area (Å²) in [5.41, 5.74) is 3.75. The average molecular weight is 651 g/mol. The van der Waals surface area contributed by atoms with Gasteiger partial charge < -0.3 is 25.7 Å². The summed E-state index contributed by atoms with van der Waals surface area (Å²) < 4.78 is 0. The highest BCUT2D eigenvalue weighted by Crippen LogP contribution is 2.34. The molecule has 0 spiro atoms. The Bertz CT molecular complexity index is 1510. The third kappa shape index (κ3) is 9.58. The number of thiocarbonyl (C=S) groups is 1. The maximum absolute atomic E-state index is 12.5. The standard InChI is InChI=1S/C33H35ClN4O6S/c34-27-14-10-25(11-15-27)29(21-45)36-31(20-38(43)44)37(28-16-12-24(13-17-28)23-4-2-1-3-5-23)19-22-6-8-26(9-7-22)32(40)35-18-30(39)33(41)42/h6-17,20-21,23,29-30,36,39H,1-5,18-19H2,(H,35,40)(H,41,42)/b31-20-/t29?,30-/m1/s1. The van der Waals surface area contributed by atoms with E-state index >= 15 is 0 Å². The summed E-state index contributed by atoms with van der Waals surface area (Å²) in [6.07, 6.45) is 5.14. The number of hydrogen-bond acceptors (Lipinski definition) is 8. The van der Waals surface area contributed by atoms with Crippen LogP contribution in [0.2, 0.25) is 5.02 Å². The number of carbonyl (C=O) groups excluding carboxylic acids is 1. The molecule has 2 atom stereocenters. The molecule has 45 heavy (non-hydrogen) atoms. The Balaban J connectivity index is 1.64. The summed E-state index contributed by atoms with van der Waals surface area (Å²) in [6, 6.07) is 21.2. The first kappa shape index (κ1) is 33.6. The number of hydrogen-bond donors (Lipinski definition) is 4. The Labute approximate surface area is 271 Å². The van der Waals surface area contributed by atoms with Crippen molar-refractivity contribution in [1.82, 2.24) is 10.6 Å². The Morgan fingerprint density at radius 3 is 2.24 bits per heavy atom. The number of anilines is 1. The van der Waals surface area contributed by atoms with Crippen LogP contribution >= 0.6 is 23.8 Å². The van der Waals surface area contributed by atoms with Crippen molar-refractivity contribution >= 4 is 46.8 Å². The number of rotatable bonds is 14. The lowest BCUT2D eigenvalue weighted by Crippen LogP contribution is -2.36. The maximum Gasteiger partial charge on any atom is 0.334 e. The van der Waals surface area contributed by atoms with E-state index in [1.54, 1.807) is 53.4 Å². The van der Waals surface area contributed by atoms with Gasteiger partial charge in [0.05, 0.1) is 17.5 Å². The highest BCUT2D eigenvalue weighted by Gasteiger charge is 2.22. The molecule has 0 bridgehead atoms. The van der Waals surface area contributed by atoms with Crippen LogP contribution < -0.4 is 15.5 Å². The van der Waals surface area contributed by atoms with E-state index in [-0.39, 0.29) is 17.9 Å². The summed E-state index contributed by atoms with van der Waals surface area (Å²) in [5, 5.41) is 37.9. The van der Waals surface area contributed by atoms with Gasteiger partial charge in [-0.3, -0.25) is 14.9 Å². The van der Waals surface area contributed by atoms with Crippen molar-refractivity contribution in [2.45, 2.75) is 56.7 Å². The van der Waals surface area contributed by atoms with Crippen molar-refractivity contribution in [3.05, 3.63) is 122 Å². The van der Waals surface area contributed by atoms with E-state index in [0.717, 1.165) is 35.9 Å². The van der Waals surface area contributed by atoms with Crippen LogP contribution in [0.25, 0.3) is 0 Å². The van der Waals surface area contributed by atoms with Crippen LogP contribution in [0.5, 0.6) is 0 Å². The molecule has 1 aliphatic rings. The Morgan fingerprint density at radius 1 is 1.02 bits per heavy atom. The molecular weight excluding hydrogens is 616 g/mol. The molecule has 12 heteroatoms. The second-order valence-corrected chi connectivity index (χ2v) is 11.6. The molecule has 236 valence electrons. The first-order chi connectivity index (χ1) is 21.6. The van der Waals surface area contributed by atoms with E-state index < -0.39 is 35.5 Å². The number of aliphatic hydroxyl groups excluding tert-OH is 1. The van der Waals surface area contributed by atoms with Crippen LogP contribution in [-0.2, 0) is 11.3 Å². The van der Waals surface area contributed by atoms with Crippen molar-refractivity contribution in [1.29, 1.82) is 0 Å². The van der Waals surface area contributed by atoms with E-state index in [1.165, 1.54) is 30.2 Å². The second-order valence-electron chi connectivity index (χ2n) is 10.9. The minimum atomic E-state index is -1.71. The molecule has 0 heterocycles. The molecule has 1 aliphatic carbocycles. The average Bonchev–Trinajstić information content (AvgIpc) is 3.05. The number of carboxylic acids is 1. The van der Waals surface area contributed by atoms with E-state index in [4.69, 9.17) is 28.9 Å². The number of aliphatic hydroxyl groups is 1. The van der Waals surface area contributed by atoms with Gasteiger partial charge in [0.2, 0.25) is 0 Å². The van der Waals surface area contributed by atoms with Crippen LogP contribution in [0, 0.1) is 10.1 Å². The molecular formula is C33H35ClN4O6S. The van der Waals surface area contributed by atoms with Gasteiger partial charge in [-0.15, -0.1) is 0 Å². The van der Waals surface area contributed by atoms with Crippen LogP contribution in [-0.4, -0.2) is 45.0 Å². The van der Waals surface area contributed by atoms with Gasteiger partial charge in [0.15, 0.2) is 11.9 Å². The summed E-state index contributed by atoms with van der Waals surface area (Å²) >= 11 is 11.4. The van der Waals surface area contributed by atoms with Crippen molar-refractivity contribution in [2.75, 3.05) is 11.4 Å². The predicted octanol–water partition coefficient (Wildman–Crippen LogP) is 5.98. The Morgan fingerprint density at radius 2 is 1.67 bits per heavy atom. The molecule has 4 rings (SSSR count). The summed E-state index contributed by atoms with van der Waals surface area (Å²) in [7, 11) is 0. The van der Waals surface area contributed by atoms with Gasteiger partial charge in [0.25, 0.3) is 12.1 Å². The first-order valence-corrected chi connectivity index (χ1v) is 15.5. The Hall–Kier alpha value is -4.32. The molecule has 10 nitrogen and oxygen atoms in total. The number of carbonyl (C=O) groups is 2. The molecule has 0 saturated heterocycles. The number of carboxylic acid groups (broad SMARTS) is 1. The first-order valence-electron chi connectivity index (χ1n) is 14.6. The number of amides is 1. The lowest BCUT2D eigenvalue weighted by Gasteiger charge is -2.30. The predicted molar refractivity (Wildman–Crippen MR) is 177 cm³/mol. The largest absolute Gasteiger partial charge is 0.479 e. The van der Waals surface area contributed by atoms with Crippen LogP contribution in [0.1, 0.15) is 71.1 Å². The molecule has 0 aliphatic heterocycles. The third-order valence-corrected chi connectivity index (χ3v) is 8.29. The second kappa shape index (κ2) is 16.1. The lowest BCUT2D eigenvalue weighted by atomic mass is 9.84. The summed E-state index contributed by atoms with van der Waals surface area (Å²) in [6.45, 7) is -0.226. The number of aliphatic carboxylic acids is 1. The normalized spacial score (nSPS) is 15.0. The topological polar surface area (TPSA) is 145 Å². The zero-order valence-electron chi connectivity index (χ0n) is 24.5. The summed E-state index contributed by atoms with van der Waals surface area (Å²) in [4.78, 5) is 36.5. The van der Waals surface area contributed by atoms with Crippen LogP contribution in [0.3, 0.4) is 0 Å². The van der Waals surface area contributed by atoms with E-state index in [1.807, 2.05) is 12.1 Å². The molecule has 1 fully saturated rings. The zero-order valence-corrected chi connectivity index (χ0v) is 26.0. The number of nitro groups is 1. The van der Waals surface area contributed by atoms with E-state index in [9.17, 15) is 24.8 Å². The highest BCUT2D eigenvalue weighted by molar-refractivity contribution is 7.79. The third-order valence-electron chi connectivity index (χ3n) is 7.77. The highest BCUT2D eigenvalue weighted by atomic mass is 35.5. The van der Waals surface area contributed by atoms with Gasteiger partial charge in [0.1, 0.15) is 0 Å². The monoisotopic (exact) mass is 650 g/mol. The molecule has 1 amide bonds. The van der Waals surface area contributed by atoms with Crippen LogP contribution in [0.15, 0.2) is 84.8 Å². The van der Waals surface area contributed by atoms with Crippen LogP contribution in [0.4, 0.5) is 5.69 Å². The molecule has 3 aromatic carbocycles. The van der Waals surface area contributed by atoms with Crippen molar-refractivity contribution in [2.24, 2.45) is 0 Å². The quantitative estimate of drug-likeness (QED) is 0.0941. The number of nitrogens with one attached hydrogen (secondary N) is 2. The van der Waals surface area contributed by atoms with Crippen molar-refractivity contribution in [3.8, 4) is 0 Å². The lowest BCUT2D eigenvalue weighted by molar-refractivity contribution is -0.403. The summed E-state index contributed by atoms with van der Waals surface area (Å²) in [5.74, 6) is -1.28. The smallest absolute Gasteiger partial charge is 0.334 e. The zero-order chi connectivity index (χ0) is 32.3. The van der Waals surface area contributed by atoms with E-state index in [2.05, 4.69) is 22.8 Å². The van der Waals surface area contributed by atoms with Gasteiger partial charge in [-0.1, -0.05) is 79.5 Å². The Kier molecular flexibility index (Phi) is 12.0. The van der Waals surface area contributed by atoms with Gasteiger partial charge in [-0.05, 0) is 71.8 Å². The number of nitrogens with zero attached hydrogens (tertiary/aromatic N) is 2. The minimum Gasteiger partial charge on any atom is -0.479 e. The van der Waals surface area contributed by atoms with Gasteiger partial charge in [0, 0.05) is 28.2 Å². The van der Waals surface area contributed by atoms with E-state index in [0.29, 0.717) is 10.9 Å². The molecule has 1 unspecified atom stereocenters. The fourth-order valence-electron chi connectivity index (χ4n) is 5.31. The van der Waals surface area contributed by atoms with Crippen molar-refractivity contribution in [3.63, 3.8) is 0 Å². The van der Waals surface area contributed by atoms with Gasteiger partial charge in [-0.2, -0.15) is 0 Å². The van der Waals surface area contributed by atoms with Gasteiger partial charge >= 0.3 is 5.97 Å². The molecule has 1 saturated carbocycles. The molecule has 4 N–H and O–H groups in total. The maximum atomic E-state index is 12.5. The minimum absolute atomic E-state index is 0.205. The fourth-order valence-corrected chi connectivity index (χ4v) is 5.66. The molecule has 3 aromatic rings.